The summed E-state index contributed by atoms with van der Waals surface area (Å²) in [7, 11) is -4.31. The molecule has 0 aromatic rings. The molecular formula is C5H10NNaO4S. The number of nitrogens with zero attached hydrogens (tertiary/aromatic N) is 1. The minimum absolute atomic E-state index is 0. The van der Waals surface area contributed by atoms with E-state index in [0.717, 1.165) is 0 Å². The van der Waals surface area contributed by atoms with Crippen molar-refractivity contribution in [2.75, 3.05) is 5.94 Å². The zero-order chi connectivity index (χ0) is 8.91. The van der Waals surface area contributed by atoms with Crippen LogP contribution in [-0.4, -0.2) is 24.6 Å². The van der Waals surface area contributed by atoms with Crippen LogP contribution < -0.4 is 29.6 Å². The summed E-state index contributed by atoms with van der Waals surface area (Å²) in [6.45, 7) is 3.52. The van der Waals surface area contributed by atoms with Gasteiger partial charge < -0.3 is 9.39 Å². The number of rotatable bonds is 4. The van der Waals surface area contributed by atoms with Gasteiger partial charge in [-0.2, -0.15) is 0 Å². The van der Waals surface area contributed by atoms with Gasteiger partial charge >= 0.3 is 29.6 Å². The minimum Gasteiger partial charge on any atom is -0.745 e. The van der Waals surface area contributed by atoms with E-state index in [2.05, 4.69) is 9.99 Å². The third-order valence-corrected chi connectivity index (χ3v) is 1.32. The van der Waals surface area contributed by atoms with Gasteiger partial charge in [0.1, 0.15) is 10.1 Å². The summed E-state index contributed by atoms with van der Waals surface area (Å²) in [6.07, 6.45) is 0.666. The van der Waals surface area contributed by atoms with Gasteiger partial charge in [-0.1, -0.05) is 12.1 Å². The summed E-state index contributed by atoms with van der Waals surface area (Å²) in [5.41, 5.74) is 0.647. The molecule has 0 aliphatic carbocycles. The number of hydrogen-bond donors (Lipinski definition) is 0. The maximum Gasteiger partial charge on any atom is 1.00 e. The van der Waals surface area contributed by atoms with Crippen LogP contribution in [0.15, 0.2) is 5.16 Å². The van der Waals surface area contributed by atoms with Gasteiger partial charge in [0.25, 0.3) is 0 Å². The fourth-order valence-corrected chi connectivity index (χ4v) is 0.447. The van der Waals surface area contributed by atoms with Gasteiger partial charge in [-0.15, -0.1) is 0 Å². The molecule has 7 heteroatoms. The van der Waals surface area contributed by atoms with Crippen molar-refractivity contribution in [2.24, 2.45) is 5.16 Å². The van der Waals surface area contributed by atoms with Crippen molar-refractivity contribution in [1.29, 1.82) is 0 Å². The zero-order valence-corrected chi connectivity index (χ0v) is 10.2. The van der Waals surface area contributed by atoms with Crippen LogP contribution >= 0.6 is 0 Å². The standard InChI is InChI=1S/C5H11NO4S.Na/c1-3-5(2)6-10-4-11(7,8)9;/h3-4H2,1-2H3,(H,7,8,9);/q;+1/p-1. The summed E-state index contributed by atoms with van der Waals surface area (Å²) in [5.74, 6) is -0.898. The molecule has 0 bridgehead atoms. The first kappa shape index (κ1) is 14.9. The van der Waals surface area contributed by atoms with Gasteiger partial charge in [-0.05, 0) is 13.3 Å². The maximum atomic E-state index is 9.95. The van der Waals surface area contributed by atoms with Crippen LogP contribution in [0.1, 0.15) is 20.3 Å². The van der Waals surface area contributed by atoms with Crippen molar-refractivity contribution >= 4 is 15.8 Å². The molecule has 0 rings (SSSR count). The largest absolute Gasteiger partial charge is 1.00 e. The van der Waals surface area contributed by atoms with E-state index in [1.165, 1.54) is 0 Å². The molecule has 12 heavy (non-hydrogen) atoms. The van der Waals surface area contributed by atoms with Crippen LogP contribution in [-0.2, 0) is 15.0 Å². The molecule has 0 aliphatic heterocycles. The number of hydrogen-bond acceptors (Lipinski definition) is 5. The first-order valence-corrected chi connectivity index (χ1v) is 4.62. The predicted molar refractivity (Wildman–Crippen MR) is 39.0 cm³/mol. The van der Waals surface area contributed by atoms with Crippen LogP contribution in [0.25, 0.3) is 0 Å². The van der Waals surface area contributed by atoms with Crippen molar-refractivity contribution in [1.82, 2.24) is 0 Å². The molecule has 0 amide bonds. The minimum atomic E-state index is -4.31. The zero-order valence-electron chi connectivity index (χ0n) is 7.40. The second-order valence-corrected chi connectivity index (χ2v) is 3.34. The van der Waals surface area contributed by atoms with E-state index in [1.807, 2.05) is 6.92 Å². The molecule has 0 aliphatic rings. The Hall–Kier alpha value is 0.380. The Bertz CT molecular complexity index is 236. The Morgan fingerprint density at radius 2 is 2.08 bits per heavy atom. The summed E-state index contributed by atoms with van der Waals surface area (Å²) in [5, 5.41) is 3.37. The molecular weight excluding hydrogens is 193 g/mol. The normalized spacial score (nSPS) is 12.1. The Morgan fingerprint density at radius 3 is 2.42 bits per heavy atom. The van der Waals surface area contributed by atoms with E-state index in [4.69, 9.17) is 0 Å². The topological polar surface area (TPSA) is 78.8 Å². The van der Waals surface area contributed by atoms with Crippen LogP contribution in [0.5, 0.6) is 0 Å². The van der Waals surface area contributed by atoms with E-state index < -0.39 is 16.1 Å². The monoisotopic (exact) mass is 203 g/mol. The first-order chi connectivity index (χ1) is 4.95. The summed E-state index contributed by atoms with van der Waals surface area (Å²) >= 11 is 0. The van der Waals surface area contributed by atoms with Crippen molar-refractivity contribution < 1.29 is 47.4 Å². The molecule has 5 nitrogen and oxygen atoms in total. The van der Waals surface area contributed by atoms with E-state index in [0.29, 0.717) is 12.1 Å². The van der Waals surface area contributed by atoms with Crippen molar-refractivity contribution in [3.8, 4) is 0 Å². The fourth-order valence-electron chi connectivity index (χ4n) is 0.266. The van der Waals surface area contributed by atoms with Crippen molar-refractivity contribution in [3.63, 3.8) is 0 Å². The van der Waals surface area contributed by atoms with Gasteiger partial charge in [-0.3, -0.25) is 0 Å². The average Bonchev–Trinajstić information content (AvgIpc) is 1.85. The van der Waals surface area contributed by atoms with E-state index in [9.17, 15) is 13.0 Å². The van der Waals surface area contributed by atoms with Crippen LogP contribution in [0.2, 0.25) is 0 Å². The third kappa shape index (κ3) is 10.4. The molecule has 0 N–H and O–H groups in total. The molecule has 0 unspecified atom stereocenters. The Morgan fingerprint density at radius 1 is 1.58 bits per heavy atom. The Balaban J connectivity index is 0. The maximum absolute atomic E-state index is 9.95. The average molecular weight is 203 g/mol. The Kier molecular flexibility index (Phi) is 8.49. The summed E-state index contributed by atoms with van der Waals surface area (Å²) < 4.78 is 29.9. The van der Waals surface area contributed by atoms with E-state index in [-0.39, 0.29) is 29.6 Å². The molecule has 0 spiro atoms. The third-order valence-electron chi connectivity index (χ3n) is 0.929. The molecule has 0 heterocycles. The van der Waals surface area contributed by atoms with Crippen LogP contribution in [0.4, 0.5) is 0 Å². The summed E-state index contributed by atoms with van der Waals surface area (Å²) in [4.78, 5) is 4.24. The number of oxime groups is 1. The van der Waals surface area contributed by atoms with Crippen molar-refractivity contribution in [2.45, 2.75) is 20.3 Å². The second kappa shape index (κ2) is 6.85. The van der Waals surface area contributed by atoms with Crippen LogP contribution in [0, 0.1) is 0 Å². The second-order valence-electron chi connectivity index (χ2n) is 1.98. The first-order valence-electron chi connectivity index (χ1n) is 3.04. The predicted octanol–water partition coefficient (Wildman–Crippen LogP) is -2.70. The quantitative estimate of drug-likeness (QED) is 0.215. The SMILES string of the molecule is CCC(C)=NOCS(=O)(=O)[O-].[Na+]. The molecule has 0 radical (unpaired) electrons. The molecule has 0 aromatic heterocycles. The Labute approximate surface area is 94.2 Å². The van der Waals surface area contributed by atoms with Gasteiger partial charge in [0.05, 0.1) is 5.71 Å². The molecule has 0 saturated heterocycles. The van der Waals surface area contributed by atoms with Gasteiger partial charge in [0, 0.05) is 0 Å². The molecule has 0 atom stereocenters. The fraction of sp³-hybridized carbons (Fsp3) is 0.800. The van der Waals surface area contributed by atoms with E-state index in [1.54, 1.807) is 6.92 Å². The van der Waals surface area contributed by atoms with Gasteiger partial charge in [-0.25, -0.2) is 8.42 Å². The summed E-state index contributed by atoms with van der Waals surface area (Å²) in [6, 6.07) is 0. The van der Waals surface area contributed by atoms with E-state index >= 15 is 0 Å². The van der Waals surface area contributed by atoms with Gasteiger partial charge in [0.2, 0.25) is 5.94 Å². The van der Waals surface area contributed by atoms with Crippen molar-refractivity contribution in [3.05, 3.63) is 0 Å². The van der Waals surface area contributed by atoms with Gasteiger partial charge in [0.15, 0.2) is 0 Å². The molecule has 0 aromatic carbocycles. The van der Waals surface area contributed by atoms with Crippen LogP contribution in [0.3, 0.4) is 0 Å². The smallest absolute Gasteiger partial charge is 0.745 e. The molecule has 66 valence electrons. The molecule has 0 fully saturated rings. The molecule has 0 saturated carbocycles.